The minimum Gasteiger partial charge on any atom is -0.290 e. The lowest BCUT2D eigenvalue weighted by atomic mass is 9.83. The van der Waals surface area contributed by atoms with Crippen LogP contribution in [0.15, 0.2) is 18.2 Å². The second-order valence-corrected chi connectivity index (χ2v) is 7.22. The molecule has 0 fully saturated rings. The summed E-state index contributed by atoms with van der Waals surface area (Å²) in [5, 5.41) is 0. The Labute approximate surface area is 141 Å². The van der Waals surface area contributed by atoms with Crippen molar-refractivity contribution in [2.75, 3.05) is 0 Å². The maximum absolute atomic E-state index is 2.56. The molecule has 1 nitrogen and oxygen atoms in total. The molecule has 22 heavy (non-hydrogen) atoms. The van der Waals surface area contributed by atoms with Gasteiger partial charge in [0.1, 0.15) is 0 Å². The molecule has 0 radical (unpaired) electrons. The fraction of sp³-hybridized carbons (Fsp3) is 0.714. The van der Waals surface area contributed by atoms with Gasteiger partial charge in [-0.3, -0.25) is 4.90 Å². The van der Waals surface area contributed by atoms with E-state index in [1.165, 1.54) is 11.1 Å². The standard InChI is InChI=1S/C16H25N.2C2H6.CH4/c1-15(2,3)14-9-7-8-12-10-17(11-13(12)14)16(4,5)6;2*1-2;/h7-9H,10-11H2,1-6H3;2*1-2H3;1H4. The van der Waals surface area contributed by atoms with Gasteiger partial charge in [0, 0.05) is 18.6 Å². The van der Waals surface area contributed by atoms with Crippen molar-refractivity contribution in [3.63, 3.8) is 0 Å². The molecule has 0 aromatic heterocycles. The Hall–Kier alpha value is -0.820. The molecule has 0 bridgehead atoms. The smallest absolute Gasteiger partial charge is 0.0248 e. The summed E-state index contributed by atoms with van der Waals surface area (Å²) in [6.45, 7) is 24.0. The van der Waals surface area contributed by atoms with Crippen molar-refractivity contribution < 1.29 is 0 Å². The topological polar surface area (TPSA) is 3.24 Å². The number of hydrogen-bond acceptors (Lipinski definition) is 1. The summed E-state index contributed by atoms with van der Waals surface area (Å²) in [6.07, 6.45) is 0. The molecule has 2 rings (SSSR count). The first-order valence-corrected chi connectivity index (χ1v) is 8.56. The van der Waals surface area contributed by atoms with Gasteiger partial charge in [-0.05, 0) is 42.9 Å². The first-order valence-electron chi connectivity index (χ1n) is 8.56. The van der Waals surface area contributed by atoms with Crippen molar-refractivity contribution in [1.82, 2.24) is 4.90 Å². The zero-order valence-corrected chi connectivity index (χ0v) is 16.1. The number of hydrogen-bond donors (Lipinski definition) is 0. The summed E-state index contributed by atoms with van der Waals surface area (Å²) in [7, 11) is 0. The van der Waals surface area contributed by atoms with Crippen molar-refractivity contribution in [3.8, 4) is 0 Å². The summed E-state index contributed by atoms with van der Waals surface area (Å²) < 4.78 is 0. The highest BCUT2D eigenvalue weighted by Gasteiger charge is 2.31. The van der Waals surface area contributed by atoms with Crippen LogP contribution in [0.5, 0.6) is 0 Å². The lowest BCUT2D eigenvalue weighted by Gasteiger charge is -2.31. The molecule has 0 N–H and O–H groups in total. The van der Waals surface area contributed by atoms with Gasteiger partial charge in [0.25, 0.3) is 0 Å². The quantitative estimate of drug-likeness (QED) is 0.510. The number of nitrogens with zero attached hydrogens (tertiary/aromatic N) is 1. The van der Waals surface area contributed by atoms with Crippen LogP contribution in [0, 0.1) is 0 Å². The maximum atomic E-state index is 2.56. The van der Waals surface area contributed by atoms with Gasteiger partial charge in [-0.1, -0.05) is 74.1 Å². The van der Waals surface area contributed by atoms with Crippen molar-refractivity contribution >= 4 is 0 Å². The number of fused-ring (bicyclic) bond motifs is 1. The third-order valence-electron chi connectivity index (χ3n) is 3.74. The van der Waals surface area contributed by atoms with Gasteiger partial charge >= 0.3 is 0 Å². The Kier molecular flexibility index (Phi) is 9.96. The predicted octanol–water partition coefficient (Wildman–Crippen LogP) is 6.79. The van der Waals surface area contributed by atoms with Crippen LogP contribution in [0.1, 0.15) is 93.4 Å². The highest BCUT2D eigenvalue weighted by Crippen LogP contribution is 2.35. The van der Waals surface area contributed by atoms with Gasteiger partial charge in [-0.25, -0.2) is 0 Å². The maximum Gasteiger partial charge on any atom is 0.0248 e. The first kappa shape index (κ1) is 23.4. The van der Waals surface area contributed by atoms with Crippen LogP contribution in [0.25, 0.3) is 0 Å². The summed E-state index contributed by atoms with van der Waals surface area (Å²) >= 11 is 0. The number of benzene rings is 1. The molecular formula is C21H41N. The first-order chi connectivity index (χ1) is 9.69. The fourth-order valence-electron chi connectivity index (χ4n) is 2.60. The minimum absolute atomic E-state index is 0. The second kappa shape index (κ2) is 9.35. The van der Waals surface area contributed by atoms with Gasteiger partial charge in [0.15, 0.2) is 0 Å². The molecule has 1 aromatic rings. The van der Waals surface area contributed by atoms with E-state index in [9.17, 15) is 0 Å². The van der Waals surface area contributed by atoms with Crippen LogP contribution in [-0.4, -0.2) is 10.4 Å². The molecule has 0 amide bonds. The van der Waals surface area contributed by atoms with Crippen LogP contribution in [-0.2, 0) is 18.5 Å². The van der Waals surface area contributed by atoms with E-state index in [1.807, 2.05) is 27.7 Å². The normalized spacial score (nSPS) is 13.9. The SMILES string of the molecule is C.CC.CC.CC(C)(C)c1cccc2c1CN(C(C)(C)C)C2. The lowest BCUT2D eigenvalue weighted by Crippen LogP contribution is -2.37. The minimum atomic E-state index is 0. The van der Waals surface area contributed by atoms with E-state index in [4.69, 9.17) is 0 Å². The van der Waals surface area contributed by atoms with Crippen molar-refractivity contribution in [3.05, 3.63) is 34.9 Å². The molecule has 1 aliphatic rings. The van der Waals surface area contributed by atoms with E-state index >= 15 is 0 Å². The Balaban J connectivity index is 0. The average molecular weight is 308 g/mol. The second-order valence-electron chi connectivity index (χ2n) is 7.22. The molecular weight excluding hydrogens is 266 g/mol. The lowest BCUT2D eigenvalue weighted by molar-refractivity contribution is 0.136. The largest absolute Gasteiger partial charge is 0.290 e. The summed E-state index contributed by atoms with van der Waals surface area (Å²) in [5.74, 6) is 0. The van der Waals surface area contributed by atoms with Crippen molar-refractivity contribution in [2.24, 2.45) is 0 Å². The van der Waals surface area contributed by atoms with E-state index in [2.05, 4.69) is 64.6 Å². The summed E-state index contributed by atoms with van der Waals surface area (Å²) in [4.78, 5) is 2.56. The highest BCUT2D eigenvalue weighted by atomic mass is 15.2. The third-order valence-corrected chi connectivity index (χ3v) is 3.74. The van der Waals surface area contributed by atoms with Crippen LogP contribution in [0.3, 0.4) is 0 Å². The zero-order chi connectivity index (χ0) is 16.8. The van der Waals surface area contributed by atoms with Crippen molar-refractivity contribution in [2.45, 2.75) is 101 Å². The van der Waals surface area contributed by atoms with E-state index in [1.54, 1.807) is 5.56 Å². The fourth-order valence-corrected chi connectivity index (χ4v) is 2.60. The molecule has 0 aliphatic carbocycles. The Bertz CT molecular complexity index is 419. The van der Waals surface area contributed by atoms with Crippen molar-refractivity contribution in [1.29, 1.82) is 0 Å². The summed E-state index contributed by atoms with van der Waals surface area (Å²) in [5.41, 5.74) is 5.11. The van der Waals surface area contributed by atoms with E-state index in [0.717, 1.165) is 13.1 Å². The predicted molar refractivity (Wildman–Crippen MR) is 104 cm³/mol. The van der Waals surface area contributed by atoms with E-state index < -0.39 is 0 Å². The van der Waals surface area contributed by atoms with Crippen LogP contribution < -0.4 is 0 Å². The van der Waals surface area contributed by atoms with Crippen LogP contribution >= 0.6 is 0 Å². The van der Waals surface area contributed by atoms with Crippen LogP contribution in [0.4, 0.5) is 0 Å². The van der Waals surface area contributed by atoms with E-state index in [-0.39, 0.29) is 18.4 Å². The highest BCUT2D eigenvalue weighted by molar-refractivity contribution is 5.41. The molecule has 130 valence electrons. The molecule has 0 spiro atoms. The Morgan fingerprint density at radius 2 is 1.32 bits per heavy atom. The molecule has 0 saturated heterocycles. The third kappa shape index (κ3) is 5.76. The number of rotatable bonds is 0. The Morgan fingerprint density at radius 1 is 0.818 bits per heavy atom. The van der Waals surface area contributed by atoms with Gasteiger partial charge in [0.2, 0.25) is 0 Å². The van der Waals surface area contributed by atoms with Gasteiger partial charge < -0.3 is 0 Å². The summed E-state index contributed by atoms with van der Waals surface area (Å²) in [6, 6.07) is 6.80. The van der Waals surface area contributed by atoms with Crippen LogP contribution in [0.2, 0.25) is 0 Å². The molecule has 1 heterocycles. The molecule has 1 aromatic carbocycles. The molecule has 0 unspecified atom stereocenters. The zero-order valence-electron chi connectivity index (χ0n) is 16.1. The Morgan fingerprint density at radius 3 is 1.73 bits per heavy atom. The van der Waals surface area contributed by atoms with Gasteiger partial charge in [-0.15, -0.1) is 0 Å². The molecule has 0 atom stereocenters. The van der Waals surface area contributed by atoms with Gasteiger partial charge in [0.05, 0.1) is 0 Å². The molecule has 1 heteroatoms. The average Bonchev–Trinajstić information content (AvgIpc) is 2.85. The molecule has 0 saturated carbocycles. The monoisotopic (exact) mass is 307 g/mol. The van der Waals surface area contributed by atoms with Gasteiger partial charge in [-0.2, -0.15) is 0 Å². The molecule has 1 aliphatic heterocycles. The van der Waals surface area contributed by atoms with E-state index in [0.29, 0.717) is 0 Å².